The smallest absolute Gasteiger partial charge is 0.197 e. The number of carbonyl (C=O) groups is 1. The van der Waals surface area contributed by atoms with Gasteiger partial charge in [0.05, 0.1) is 15.6 Å². The summed E-state index contributed by atoms with van der Waals surface area (Å²) in [5.74, 6) is -0.0440. The molecule has 0 saturated carbocycles. The molecule has 0 bridgehead atoms. The molecular weight excluding hydrogens is 266 g/mol. The molecule has 1 aliphatic carbocycles. The van der Waals surface area contributed by atoms with E-state index in [2.05, 4.69) is 0 Å². The summed E-state index contributed by atoms with van der Waals surface area (Å²) in [4.78, 5) is 13.8. The Morgan fingerprint density at radius 2 is 2.06 bits per heavy atom. The summed E-state index contributed by atoms with van der Waals surface area (Å²) in [6, 6.07) is 7.13. The van der Waals surface area contributed by atoms with Gasteiger partial charge in [0, 0.05) is 10.4 Å². The van der Waals surface area contributed by atoms with Crippen molar-refractivity contribution in [2.75, 3.05) is 5.73 Å². The first-order valence-electron chi connectivity index (χ1n) is 5.87. The van der Waals surface area contributed by atoms with Crippen molar-refractivity contribution >= 4 is 33.7 Å². The SMILES string of the molecule is Nc1sc2c(c1C(=O)c1ccccc1Cl)CCC2. The predicted octanol–water partition coefficient (Wildman–Crippen LogP) is 3.70. The first-order chi connectivity index (χ1) is 8.68. The van der Waals surface area contributed by atoms with Crippen molar-refractivity contribution in [1.82, 2.24) is 0 Å². The van der Waals surface area contributed by atoms with Crippen LogP contribution in [0.2, 0.25) is 5.02 Å². The van der Waals surface area contributed by atoms with Gasteiger partial charge in [0.2, 0.25) is 0 Å². The van der Waals surface area contributed by atoms with Gasteiger partial charge >= 0.3 is 0 Å². The van der Waals surface area contributed by atoms with Crippen LogP contribution in [-0.2, 0) is 12.8 Å². The van der Waals surface area contributed by atoms with E-state index in [4.69, 9.17) is 17.3 Å². The molecule has 2 N–H and O–H groups in total. The number of nitrogens with two attached hydrogens (primary N) is 1. The van der Waals surface area contributed by atoms with Gasteiger partial charge < -0.3 is 5.73 Å². The van der Waals surface area contributed by atoms with Gasteiger partial charge in [-0.2, -0.15) is 0 Å². The Balaban J connectivity index is 2.11. The topological polar surface area (TPSA) is 43.1 Å². The Kier molecular flexibility index (Phi) is 2.88. The maximum Gasteiger partial charge on any atom is 0.197 e. The van der Waals surface area contributed by atoms with Gasteiger partial charge in [-0.3, -0.25) is 4.79 Å². The molecule has 1 aromatic heterocycles. The monoisotopic (exact) mass is 277 g/mol. The van der Waals surface area contributed by atoms with Crippen molar-refractivity contribution in [1.29, 1.82) is 0 Å². The molecule has 0 amide bonds. The molecule has 3 rings (SSSR count). The average molecular weight is 278 g/mol. The lowest BCUT2D eigenvalue weighted by Crippen LogP contribution is -2.06. The molecule has 18 heavy (non-hydrogen) atoms. The molecule has 0 atom stereocenters. The minimum atomic E-state index is -0.0440. The van der Waals surface area contributed by atoms with Crippen LogP contribution in [0.1, 0.15) is 32.8 Å². The third-order valence-corrected chi connectivity index (χ3v) is 4.74. The second-order valence-corrected chi connectivity index (χ2v) is 5.95. The number of hydrogen-bond acceptors (Lipinski definition) is 3. The number of carbonyl (C=O) groups excluding carboxylic acids is 1. The molecule has 0 spiro atoms. The highest BCUT2D eigenvalue weighted by molar-refractivity contribution is 7.16. The molecule has 1 aromatic carbocycles. The van der Waals surface area contributed by atoms with Gasteiger partial charge in [0.25, 0.3) is 0 Å². The number of aryl methyl sites for hydroxylation is 1. The molecule has 1 aliphatic rings. The number of benzene rings is 1. The lowest BCUT2D eigenvalue weighted by molar-refractivity contribution is 0.103. The molecule has 0 fully saturated rings. The predicted molar refractivity (Wildman–Crippen MR) is 75.6 cm³/mol. The lowest BCUT2D eigenvalue weighted by atomic mass is 10.0. The number of halogens is 1. The highest BCUT2D eigenvalue weighted by Gasteiger charge is 2.26. The zero-order valence-corrected chi connectivity index (χ0v) is 11.3. The van der Waals surface area contributed by atoms with Gasteiger partial charge in [0.1, 0.15) is 0 Å². The average Bonchev–Trinajstić information content (AvgIpc) is 2.88. The zero-order chi connectivity index (χ0) is 12.7. The molecule has 4 heteroatoms. The maximum absolute atomic E-state index is 12.6. The second-order valence-electron chi connectivity index (χ2n) is 4.41. The van der Waals surface area contributed by atoms with E-state index < -0.39 is 0 Å². The normalized spacial score (nSPS) is 13.6. The fraction of sp³-hybridized carbons (Fsp3) is 0.214. The van der Waals surface area contributed by atoms with E-state index in [9.17, 15) is 4.79 Å². The van der Waals surface area contributed by atoms with Crippen LogP contribution in [0.3, 0.4) is 0 Å². The summed E-state index contributed by atoms with van der Waals surface area (Å²) < 4.78 is 0. The molecule has 0 unspecified atom stereocenters. The summed E-state index contributed by atoms with van der Waals surface area (Å²) in [5, 5.41) is 1.12. The van der Waals surface area contributed by atoms with Gasteiger partial charge in [0.15, 0.2) is 5.78 Å². The van der Waals surface area contributed by atoms with Crippen LogP contribution in [0.4, 0.5) is 5.00 Å². The maximum atomic E-state index is 12.6. The van der Waals surface area contributed by atoms with Crippen molar-refractivity contribution in [3.8, 4) is 0 Å². The van der Waals surface area contributed by atoms with E-state index in [-0.39, 0.29) is 5.78 Å². The highest BCUT2D eigenvalue weighted by atomic mass is 35.5. The minimum Gasteiger partial charge on any atom is -0.390 e. The van der Waals surface area contributed by atoms with Crippen LogP contribution in [-0.4, -0.2) is 5.78 Å². The third kappa shape index (κ3) is 1.74. The molecule has 2 aromatic rings. The number of anilines is 1. The fourth-order valence-electron chi connectivity index (χ4n) is 2.45. The van der Waals surface area contributed by atoms with Crippen LogP contribution in [0.5, 0.6) is 0 Å². The largest absolute Gasteiger partial charge is 0.390 e. The first kappa shape index (κ1) is 11.8. The number of hydrogen-bond donors (Lipinski definition) is 1. The Bertz CT molecular complexity index is 633. The Labute approximate surface area is 114 Å². The van der Waals surface area contributed by atoms with E-state index >= 15 is 0 Å². The van der Waals surface area contributed by atoms with Crippen LogP contribution < -0.4 is 5.73 Å². The van der Waals surface area contributed by atoms with Crippen LogP contribution in [0.25, 0.3) is 0 Å². The summed E-state index contributed by atoms with van der Waals surface area (Å²) in [6.07, 6.45) is 3.11. The van der Waals surface area contributed by atoms with E-state index in [0.29, 0.717) is 21.2 Å². The molecule has 0 radical (unpaired) electrons. The lowest BCUT2D eigenvalue weighted by Gasteiger charge is -2.05. The third-order valence-electron chi connectivity index (χ3n) is 3.29. The van der Waals surface area contributed by atoms with Crippen LogP contribution in [0, 0.1) is 0 Å². The molecular formula is C14H12ClNOS. The van der Waals surface area contributed by atoms with Crippen molar-refractivity contribution in [3.05, 3.63) is 50.9 Å². The Morgan fingerprint density at radius 1 is 1.28 bits per heavy atom. The van der Waals surface area contributed by atoms with Crippen molar-refractivity contribution in [2.24, 2.45) is 0 Å². The van der Waals surface area contributed by atoms with E-state index in [0.717, 1.165) is 24.8 Å². The molecule has 2 nitrogen and oxygen atoms in total. The Hall–Kier alpha value is -1.32. The fourth-order valence-corrected chi connectivity index (χ4v) is 3.83. The second kappa shape index (κ2) is 4.41. The highest BCUT2D eigenvalue weighted by Crippen LogP contribution is 2.38. The quantitative estimate of drug-likeness (QED) is 0.851. The van der Waals surface area contributed by atoms with Gasteiger partial charge in [-0.15, -0.1) is 11.3 Å². The van der Waals surface area contributed by atoms with E-state index in [1.54, 1.807) is 23.5 Å². The zero-order valence-electron chi connectivity index (χ0n) is 9.70. The Morgan fingerprint density at radius 3 is 2.83 bits per heavy atom. The number of nitrogen functional groups attached to an aromatic ring is 1. The number of fused-ring (bicyclic) bond motifs is 1. The van der Waals surface area contributed by atoms with E-state index in [1.165, 1.54) is 4.88 Å². The minimum absolute atomic E-state index is 0.0440. The number of thiophene rings is 1. The molecule has 0 aliphatic heterocycles. The molecule has 1 heterocycles. The standard InChI is InChI=1S/C14H12ClNOS/c15-10-6-2-1-4-8(10)13(17)12-9-5-3-7-11(9)18-14(12)16/h1-2,4,6H,3,5,7,16H2. The number of ketones is 1. The van der Waals surface area contributed by atoms with Crippen molar-refractivity contribution < 1.29 is 4.79 Å². The van der Waals surface area contributed by atoms with Crippen molar-refractivity contribution in [2.45, 2.75) is 19.3 Å². The van der Waals surface area contributed by atoms with Gasteiger partial charge in [-0.05, 0) is 37.0 Å². The molecule has 92 valence electrons. The first-order valence-corrected chi connectivity index (χ1v) is 7.07. The summed E-state index contributed by atoms with van der Waals surface area (Å²) in [6.45, 7) is 0. The van der Waals surface area contributed by atoms with E-state index in [1.807, 2.05) is 12.1 Å². The molecule has 0 saturated heterocycles. The summed E-state index contributed by atoms with van der Waals surface area (Å²) in [5.41, 5.74) is 8.36. The van der Waals surface area contributed by atoms with Crippen molar-refractivity contribution in [3.63, 3.8) is 0 Å². The number of rotatable bonds is 2. The summed E-state index contributed by atoms with van der Waals surface area (Å²) in [7, 11) is 0. The van der Waals surface area contributed by atoms with Crippen LogP contribution in [0.15, 0.2) is 24.3 Å². The van der Waals surface area contributed by atoms with Crippen LogP contribution >= 0.6 is 22.9 Å². The summed E-state index contributed by atoms with van der Waals surface area (Å²) >= 11 is 7.63. The van der Waals surface area contributed by atoms with Gasteiger partial charge in [-0.25, -0.2) is 0 Å². The van der Waals surface area contributed by atoms with Gasteiger partial charge in [-0.1, -0.05) is 23.7 Å².